The van der Waals surface area contributed by atoms with Gasteiger partial charge in [-0.1, -0.05) is 36.4 Å². The summed E-state index contributed by atoms with van der Waals surface area (Å²) in [7, 11) is 1.29. The van der Waals surface area contributed by atoms with Gasteiger partial charge in [-0.15, -0.1) is 0 Å². The quantitative estimate of drug-likeness (QED) is 0.733. The molecule has 1 aliphatic heterocycles. The van der Waals surface area contributed by atoms with Crippen LogP contribution in [0.2, 0.25) is 0 Å². The maximum atomic E-state index is 14.9. The van der Waals surface area contributed by atoms with Crippen LogP contribution in [-0.2, 0) is 18.9 Å². The van der Waals surface area contributed by atoms with Crippen molar-refractivity contribution >= 4 is 11.9 Å². The van der Waals surface area contributed by atoms with E-state index in [1.807, 2.05) is 0 Å². The molecule has 28 heavy (non-hydrogen) atoms. The maximum absolute atomic E-state index is 14.9. The van der Waals surface area contributed by atoms with Gasteiger partial charge in [-0.2, -0.15) is 0 Å². The van der Waals surface area contributed by atoms with Crippen LogP contribution in [0.4, 0.5) is 4.39 Å². The fourth-order valence-corrected chi connectivity index (χ4v) is 2.98. The minimum atomic E-state index is -1.83. The molecule has 0 radical (unpaired) electrons. The summed E-state index contributed by atoms with van der Waals surface area (Å²) in [5.41, 5.74) is 0.558. The Morgan fingerprint density at radius 3 is 1.79 bits per heavy atom. The predicted octanol–water partition coefficient (Wildman–Crippen LogP) is 3.17. The first kappa shape index (κ1) is 20.0. The van der Waals surface area contributed by atoms with Crippen LogP contribution < -0.4 is 0 Å². The molecular weight excluding hydrogens is 367 g/mol. The first-order valence-corrected chi connectivity index (χ1v) is 8.85. The van der Waals surface area contributed by atoms with E-state index in [4.69, 9.17) is 18.9 Å². The molecule has 0 amide bonds. The second-order valence-electron chi connectivity index (χ2n) is 6.36. The Hall–Kier alpha value is -2.77. The molecule has 1 saturated heterocycles. The third kappa shape index (κ3) is 4.37. The monoisotopic (exact) mass is 388 g/mol. The zero-order valence-corrected chi connectivity index (χ0v) is 15.5. The predicted molar refractivity (Wildman–Crippen MR) is 97.5 cm³/mol. The smallest absolute Gasteiger partial charge is 0.338 e. The molecule has 3 rings (SSSR count). The van der Waals surface area contributed by atoms with E-state index in [2.05, 4.69) is 0 Å². The Balaban J connectivity index is 1.82. The summed E-state index contributed by atoms with van der Waals surface area (Å²) in [4.78, 5) is 24.9. The van der Waals surface area contributed by atoms with E-state index in [-0.39, 0.29) is 5.56 Å². The summed E-state index contributed by atoms with van der Waals surface area (Å²) in [5, 5.41) is 0. The van der Waals surface area contributed by atoms with Crippen molar-refractivity contribution in [2.24, 2.45) is 0 Å². The SMILES string of the molecule is CO[C@H]1O[C@H](C)[C@@H](OC(=O)c2ccccc2)[C@@H](OC(=O)c2ccccc2)[C@@H]1F. The highest BCUT2D eigenvalue weighted by atomic mass is 19.1. The zero-order chi connectivity index (χ0) is 20.1. The van der Waals surface area contributed by atoms with Crippen molar-refractivity contribution in [2.45, 2.75) is 37.7 Å². The highest BCUT2D eigenvalue weighted by molar-refractivity contribution is 5.90. The number of rotatable bonds is 5. The van der Waals surface area contributed by atoms with Crippen molar-refractivity contribution < 1.29 is 32.9 Å². The van der Waals surface area contributed by atoms with Crippen LogP contribution in [-0.4, -0.2) is 49.8 Å². The van der Waals surface area contributed by atoms with Crippen molar-refractivity contribution in [1.82, 2.24) is 0 Å². The van der Waals surface area contributed by atoms with Gasteiger partial charge in [0, 0.05) is 7.11 Å². The van der Waals surface area contributed by atoms with Crippen molar-refractivity contribution in [2.75, 3.05) is 7.11 Å². The van der Waals surface area contributed by atoms with Gasteiger partial charge in [0.2, 0.25) is 0 Å². The van der Waals surface area contributed by atoms with E-state index in [1.54, 1.807) is 67.6 Å². The molecular formula is C21H21FO6. The largest absolute Gasteiger partial charge is 0.452 e. The lowest BCUT2D eigenvalue weighted by Gasteiger charge is -2.40. The third-order valence-corrected chi connectivity index (χ3v) is 4.45. The lowest BCUT2D eigenvalue weighted by molar-refractivity contribution is -0.269. The van der Waals surface area contributed by atoms with Gasteiger partial charge in [-0.05, 0) is 31.2 Å². The molecule has 2 aromatic rings. The van der Waals surface area contributed by atoms with Crippen molar-refractivity contribution in [3.8, 4) is 0 Å². The van der Waals surface area contributed by atoms with Gasteiger partial charge in [-0.3, -0.25) is 0 Å². The van der Waals surface area contributed by atoms with Gasteiger partial charge in [0.1, 0.15) is 0 Å². The summed E-state index contributed by atoms with van der Waals surface area (Å²) in [6.45, 7) is 1.60. The van der Waals surface area contributed by atoms with Gasteiger partial charge >= 0.3 is 11.9 Å². The standard InChI is InChI=1S/C21H21FO6/c1-13-17(27-19(23)14-9-5-3-6-10-14)18(16(22)21(25-2)26-13)28-20(24)15-11-7-4-8-12-15/h3-13,16-18,21H,1-2H3/t13-,16+,17-,18+,21+/m1/s1. The van der Waals surface area contributed by atoms with Crippen LogP contribution in [0.15, 0.2) is 60.7 Å². The van der Waals surface area contributed by atoms with Crippen molar-refractivity contribution in [3.63, 3.8) is 0 Å². The first-order valence-electron chi connectivity index (χ1n) is 8.85. The second kappa shape index (κ2) is 8.95. The van der Waals surface area contributed by atoms with Crippen LogP contribution in [0.25, 0.3) is 0 Å². The highest BCUT2D eigenvalue weighted by Crippen LogP contribution is 2.29. The normalized spacial score (nSPS) is 27.0. The van der Waals surface area contributed by atoms with Crippen LogP contribution in [0, 0.1) is 0 Å². The van der Waals surface area contributed by atoms with E-state index >= 15 is 0 Å². The van der Waals surface area contributed by atoms with E-state index in [0.717, 1.165) is 0 Å². The molecule has 7 heteroatoms. The van der Waals surface area contributed by atoms with Gasteiger partial charge in [0.15, 0.2) is 24.7 Å². The van der Waals surface area contributed by atoms with Crippen LogP contribution in [0.5, 0.6) is 0 Å². The number of ether oxygens (including phenoxy) is 4. The molecule has 0 aliphatic carbocycles. The fourth-order valence-electron chi connectivity index (χ4n) is 2.98. The van der Waals surface area contributed by atoms with E-state index < -0.39 is 42.7 Å². The molecule has 0 spiro atoms. The Bertz CT molecular complexity index is 797. The molecule has 0 N–H and O–H groups in total. The number of carbonyl (C=O) groups is 2. The Morgan fingerprint density at radius 2 is 1.32 bits per heavy atom. The molecule has 0 bridgehead atoms. The number of carbonyl (C=O) groups excluding carboxylic acids is 2. The Labute approximate surface area is 162 Å². The number of esters is 2. The van der Waals surface area contributed by atoms with E-state index in [9.17, 15) is 14.0 Å². The topological polar surface area (TPSA) is 71.1 Å². The van der Waals surface area contributed by atoms with Crippen LogP contribution in [0.3, 0.4) is 0 Å². The number of halogens is 1. The van der Waals surface area contributed by atoms with Crippen molar-refractivity contribution in [3.05, 3.63) is 71.8 Å². The molecule has 2 aromatic carbocycles. The minimum absolute atomic E-state index is 0.260. The molecule has 1 aliphatic rings. The fraction of sp³-hybridized carbons (Fsp3) is 0.333. The molecule has 1 heterocycles. The van der Waals surface area contributed by atoms with Crippen molar-refractivity contribution in [1.29, 1.82) is 0 Å². The minimum Gasteiger partial charge on any atom is -0.452 e. The summed E-state index contributed by atoms with van der Waals surface area (Å²) in [5.74, 6) is -1.39. The Kier molecular flexibility index (Phi) is 6.38. The molecule has 0 unspecified atom stereocenters. The summed E-state index contributed by atoms with van der Waals surface area (Å²) in [6, 6.07) is 16.5. The van der Waals surface area contributed by atoms with Gasteiger partial charge in [0.25, 0.3) is 0 Å². The molecule has 148 valence electrons. The van der Waals surface area contributed by atoms with E-state index in [0.29, 0.717) is 5.56 Å². The molecule has 5 atom stereocenters. The lowest BCUT2D eigenvalue weighted by atomic mass is 10.00. The van der Waals surface area contributed by atoms with Crippen LogP contribution in [0.1, 0.15) is 27.6 Å². The van der Waals surface area contributed by atoms with Gasteiger partial charge in [0.05, 0.1) is 17.2 Å². The molecule has 6 nitrogen and oxygen atoms in total. The number of hydrogen-bond donors (Lipinski definition) is 0. The average molecular weight is 388 g/mol. The van der Waals surface area contributed by atoms with Crippen LogP contribution >= 0.6 is 0 Å². The molecule has 1 fully saturated rings. The second-order valence-corrected chi connectivity index (χ2v) is 6.36. The first-order chi connectivity index (χ1) is 13.5. The number of benzene rings is 2. The van der Waals surface area contributed by atoms with E-state index in [1.165, 1.54) is 7.11 Å². The summed E-state index contributed by atoms with van der Waals surface area (Å²) >= 11 is 0. The number of alkyl halides is 1. The van der Waals surface area contributed by atoms with Gasteiger partial charge < -0.3 is 18.9 Å². The zero-order valence-electron chi connectivity index (χ0n) is 15.5. The summed E-state index contributed by atoms with van der Waals surface area (Å²) < 4.78 is 36.3. The average Bonchev–Trinajstić information content (AvgIpc) is 2.73. The third-order valence-electron chi connectivity index (χ3n) is 4.45. The number of hydrogen-bond acceptors (Lipinski definition) is 6. The maximum Gasteiger partial charge on any atom is 0.338 e. The Morgan fingerprint density at radius 1 is 0.857 bits per heavy atom. The summed E-state index contributed by atoms with van der Waals surface area (Å²) in [6.07, 6.45) is -6.34. The number of methoxy groups -OCH3 is 1. The lowest BCUT2D eigenvalue weighted by Crippen LogP contribution is -2.58. The van der Waals surface area contributed by atoms with Gasteiger partial charge in [-0.25, -0.2) is 14.0 Å². The molecule has 0 saturated carbocycles. The highest BCUT2D eigenvalue weighted by Gasteiger charge is 2.49. The molecule has 0 aromatic heterocycles.